The number of thioether (sulfide) groups is 1. The molecule has 2 aromatic rings. The molecule has 0 saturated carbocycles. The standard InChI is InChI=1S/C15H12N2OS/c16-10-12-6-8-13(9-7-12)17-15(18)11-19-14-4-2-1-3-5-14/h1-9H,11H2,(H,17,18). The molecule has 0 aliphatic carbocycles. The topological polar surface area (TPSA) is 52.9 Å². The molecule has 4 heteroatoms. The lowest BCUT2D eigenvalue weighted by atomic mass is 10.2. The highest BCUT2D eigenvalue weighted by atomic mass is 32.2. The van der Waals surface area contributed by atoms with E-state index in [1.807, 2.05) is 36.4 Å². The monoisotopic (exact) mass is 268 g/mol. The van der Waals surface area contributed by atoms with Gasteiger partial charge < -0.3 is 5.32 Å². The molecule has 2 aromatic carbocycles. The van der Waals surface area contributed by atoms with E-state index in [4.69, 9.17) is 5.26 Å². The van der Waals surface area contributed by atoms with Crippen molar-refractivity contribution in [3.05, 3.63) is 60.2 Å². The summed E-state index contributed by atoms with van der Waals surface area (Å²) in [6.07, 6.45) is 0. The number of rotatable bonds is 4. The lowest BCUT2D eigenvalue weighted by molar-refractivity contribution is -0.113. The van der Waals surface area contributed by atoms with Gasteiger partial charge in [-0.1, -0.05) is 18.2 Å². The van der Waals surface area contributed by atoms with Gasteiger partial charge in [0.2, 0.25) is 5.91 Å². The molecule has 0 aliphatic heterocycles. The van der Waals surface area contributed by atoms with Gasteiger partial charge in [0.25, 0.3) is 0 Å². The zero-order valence-electron chi connectivity index (χ0n) is 10.2. The smallest absolute Gasteiger partial charge is 0.234 e. The van der Waals surface area contributed by atoms with Gasteiger partial charge in [-0.05, 0) is 36.4 Å². The molecule has 94 valence electrons. The van der Waals surface area contributed by atoms with E-state index >= 15 is 0 Å². The fourth-order valence-corrected chi connectivity index (χ4v) is 2.21. The van der Waals surface area contributed by atoms with Crippen LogP contribution in [0.3, 0.4) is 0 Å². The molecule has 2 rings (SSSR count). The second kappa shape index (κ2) is 6.62. The van der Waals surface area contributed by atoms with E-state index in [1.54, 1.807) is 24.3 Å². The number of anilines is 1. The van der Waals surface area contributed by atoms with Crippen LogP contribution >= 0.6 is 11.8 Å². The first kappa shape index (κ1) is 13.2. The van der Waals surface area contributed by atoms with Crippen molar-refractivity contribution in [3.63, 3.8) is 0 Å². The molecule has 0 heterocycles. The summed E-state index contributed by atoms with van der Waals surface area (Å²) in [5.74, 6) is 0.308. The first-order valence-corrected chi connectivity index (χ1v) is 6.74. The number of benzene rings is 2. The summed E-state index contributed by atoms with van der Waals surface area (Å²) in [5.41, 5.74) is 1.29. The summed E-state index contributed by atoms with van der Waals surface area (Å²) in [6, 6.07) is 18.6. The third-order valence-corrected chi connectivity index (χ3v) is 3.42. The molecule has 1 N–H and O–H groups in total. The average Bonchev–Trinajstić information content (AvgIpc) is 2.47. The van der Waals surface area contributed by atoms with Crippen molar-refractivity contribution in [2.24, 2.45) is 0 Å². The van der Waals surface area contributed by atoms with E-state index in [0.717, 1.165) is 4.90 Å². The number of nitrogens with one attached hydrogen (secondary N) is 1. The molecule has 0 atom stereocenters. The van der Waals surface area contributed by atoms with Crippen molar-refractivity contribution in [2.75, 3.05) is 11.1 Å². The minimum atomic E-state index is -0.0569. The Hall–Kier alpha value is -2.25. The highest BCUT2D eigenvalue weighted by molar-refractivity contribution is 8.00. The normalized spacial score (nSPS) is 9.63. The highest BCUT2D eigenvalue weighted by Crippen LogP contribution is 2.17. The molecular weight excluding hydrogens is 256 g/mol. The summed E-state index contributed by atoms with van der Waals surface area (Å²) < 4.78 is 0. The molecule has 0 spiro atoms. The summed E-state index contributed by atoms with van der Waals surface area (Å²) in [4.78, 5) is 12.8. The Kier molecular flexibility index (Phi) is 4.60. The van der Waals surface area contributed by atoms with Gasteiger partial charge in [0.15, 0.2) is 0 Å². The van der Waals surface area contributed by atoms with Gasteiger partial charge in [-0.2, -0.15) is 5.26 Å². The SMILES string of the molecule is N#Cc1ccc(NC(=O)CSc2ccccc2)cc1. The molecule has 0 aromatic heterocycles. The maximum absolute atomic E-state index is 11.7. The van der Waals surface area contributed by atoms with Gasteiger partial charge >= 0.3 is 0 Å². The van der Waals surface area contributed by atoms with Crippen LogP contribution in [-0.2, 0) is 4.79 Å². The maximum atomic E-state index is 11.7. The van der Waals surface area contributed by atoms with Gasteiger partial charge in [-0.15, -0.1) is 11.8 Å². The number of nitriles is 1. The van der Waals surface area contributed by atoms with Crippen LogP contribution in [0.1, 0.15) is 5.56 Å². The van der Waals surface area contributed by atoms with Crippen molar-refractivity contribution in [1.82, 2.24) is 0 Å². The Balaban J connectivity index is 1.86. The second-order valence-electron chi connectivity index (χ2n) is 3.84. The number of amides is 1. The van der Waals surface area contributed by atoms with Gasteiger partial charge in [-0.3, -0.25) is 4.79 Å². The van der Waals surface area contributed by atoms with Gasteiger partial charge in [-0.25, -0.2) is 0 Å². The highest BCUT2D eigenvalue weighted by Gasteiger charge is 2.03. The van der Waals surface area contributed by atoms with Crippen LogP contribution in [0.15, 0.2) is 59.5 Å². The van der Waals surface area contributed by atoms with E-state index in [-0.39, 0.29) is 5.91 Å². The first-order chi connectivity index (χ1) is 9.28. The summed E-state index contributed by atoms with van der Waals surface area (Å²) in [7, 11) is 0. The molecule has 0 radical (unpaired) electrons. The predicted octanol–water partition coefficient (Wildman–Crippen LogP) is 3.29. The minimum absolute atomic E-state index is 0.0569. The number of carbonyl (C=O) groups excluding carboxylic acids is 1. The Bertz CT molecular complexity index is 588. The van der Waals surface area contributed by atoms with Crippen LogP contribution in [0.4, 0.5) is 5.69 Å². The van der Waals surface area contributed by atoms with Crippen LogP contribution in [-0.4, -0.2) is 11.7 Å². The average molecular weight is 268 g/mol. The summed E-state index contributed by atoms with van der Waals surface area (Å²) in [5, 5.41) is 11.5. The fraction of sp³-hybridized carbons (Fsp3) is 0.0667. The van der Waals surface area contributed by atoms with Gasteiger partial charge in [0, 0.05) is 10.6 Å². The molecule has 0 saturated heterocycles. The quantitative estimate of drug-likeness (QED) is 0.866. The molecule has 0 fully saturated rings. The Morgan fingerprint density at radius 3 is 2.42 bits per heavy atom. The van der Waals surface area contributed by atoms with Crippen LogP contribution in [0.2, 0.25) is 0 Å². The second-order valence-corrected chi connectivity index (χ2v) is 4.89. The van der Waals surface area contributed by atoms with E-state index < -0.39 is 0 Å². The summed E-state index contributed by atoms with van der Waals surface area (Å²) >= 11 is 1.49. The van der Waals surface area contributed by atoms with Crippen LogP contribution in [0.25, 0.3) is 0 Å². The van der Waals surface area contributed by atoms with E-state index in [0.29, 0.717) is 17.0 Å². The van der Waals surface area contributed by atoms with E-state index in [1.165, 1.54) is 11.8 Å². The Morgan fingerprint density at radius 2 is 1.79 bits per heavy atom. The molecule has 1 amide bonds. The van der Waals surface area contributed by atoms with Crippen molar-refractivity contribution >= 4 is 23.4 Å². The Morgan fingerprint density at radius 1 is 1.11 bits per heavy atom. The lowest BCUT2D eigenvalue weighted by Crippen LogP contribution is -2.13. The molecule has 19 heavy (non-hydrogen) atoms. The Labute approximate surface area is 116 Å². The lowest BCUT2D eigenvalue weighted by Gasteiger charge is -2.05. The van der Waals surface area contributed by atoms with Crippen LogP contribution in [0.5, 0.6) is 0 Å². The minimum Gasteiger partial charge on any atom is -0.325 e. The third-order valence-electron chi connectivity index (χ3n) is 2.41. The zero-order chi connectivity index (χ0) is 13.5. The fourth-order valence-electron chi connectivity index (χ4n) is 1.49. The van der Waals surface area contributed by atoms with Crippen molar-refractivity contribution in [1.29, 1.82) is 5.26 Å². The van der Waals surface area contributed by atoms with Crippen molar-refractivity contribution in [3.8, 4) is 6.07 Å². The van der Waals surface area contributed by atoms with Crippen molar-refractivity contribution < 1.29 is 4.79 Å². The number of nitrogens with zero attached hydrogens (tertiary/aromatic N) is 1. The van der Waals surface area contributed by atoms with E-state index in [9.17, 15) is 4.79 Å². The predicted molar refractivity (Wildman–Crippen MR) is 77.0 cm³/mol. The van der Waals surface area contributed by atoms with Gasteiger partial charge in [0.05, 0.1) is 17.4 Å². The number of hydrogen-bond acceptors (Lipinski definition) is 3. The van der Waals surface area contributed by atoms with E-state index in [2.05, 4.69) is 5.32 Å². The van der Waals surface area contributed by atoms with Gasteiger partial charge in [0.1, 0.15) is 0 Å². The molecule has 0 bridgehead atoms. The first-order valence-electron chi connectivity index (χ1n) is 5.76. The zero-order valence-corrected chi connectivity index (χ0v) is 11.0. The number of hydrogen-bond donors (Lipinski definition) is 1. The largest absolute Gasteiger partial charge is 0.325 e. The van der Waals surface area contributed by atoms with Crippen molar-refractivity contribution in [2.45, 2.75) is 4.90 Å². The van der Waals surface area contributed by atoms with Crippen LogP contribution < -0.4 is 5.32 Å². The third kappa shape index (κ3) is 4.16. The summed E-state index contributed by atoms with van der Waals surface area (Å²) in [6.45, 7) is 0. The molecule has 3 nitrogen and oxygen atoms in total. The maximum Gasteiger partial charge on any atom is 0.234 e. The molecule has 0 aliphatic rings. The molecular formula is C15H12N2OS. The molecule has 0 unspecified atom stereocenters. The number of carbonyl (C=O) groups is 1. The van der Waals surface area contributed by atoms with Crippen LogP contribution in [0, 0.1) is 11.3 Å².